The van der Waals surface area contributed by atoms with Crippen LogP contribution in [0.15, 0.2) is 48.8 Å². The quantitative estimate of drug-likeness (QED) is 0.863. The van der Waals surface area contributed by atoms with Crippen LogP contribution in [0, 0.1) is 6.92 Å². The molecule has 0 aliphatic heterocycles. The molecule has 94 valence electrons. The summed E-state index contributed by atoms with van der Waals surface area (Å²) in [4.78, 5) is 3.96. The van der Waals surface area contributed by atoms with Gasteiger partial charge < -0.3 is 10.8 Å². The lowest BCUT2D eigenvalue weighted by molar-refractivity contribution is 0.147. The third-order valence-electron chi connectivity index (χ3n) is 3.27. The molecule has 0 amide bonds. The summed E-state index contributed by atoms with van der Waals surface area (Å²) in [6, 6.07) is 11.7. The van der Waals surface area contributed by atoms with E-state index < -0.39 is 6.10 Å². The van der Waals surface area contributed by atoms with Crippen molar-refractivity contribution in [2.24, 2.45) is 5.73 Å². The minimum Gasteiger partial charge on any atom is -0.388 e. The van der Waals surface area contributed by atoms with E-state index in [1.165, 1.54) is 0 Å². The fourth-order valence-corrected chi connectivity index (χ4v) is 2.22. The van der Waals surface area contributed by atoms with E-state index in [4.69, 9.17) is 5.73 Å². The molecule has 0 aliphatic rings. The van der Waals surface area contributed by atoms with Crippen LogP contribution in [0.5, 0.6) is 0 Å². The standard InChI is InChI=1S/C15H18N2O/c1-11-4-2-3-5-13(11)14(10-16)15(18)12-6-8-17-9-7-12/h2-9,14-15,18H,10,16H2,1H3. The number of aliphatic hydroxyl groups excluding tert-OH is 1. The second-order valence-electron chi connectivity index (χ2n) is 4.42. The van der Waals surface area contributed by atoms with Crippen LogP contribution in [0.2, 0.25) is 0 Å². The number of nitrogens with zero attached hydrogens (tertiary/aromatic N) is 1. The smallest absolute Gasteiger partial charge is 0.0871 e. The monoisotopic (exact) mass is 242 g/mol. The highest BCUT2D eigenvalue weighted by Gasteiger charge is 2.22. The molecule has 1 aromatic carbocycles. The first-order valence-corrected chi connectivity index (χ1v) is 6.07. The van der Waals surface area contributed by atoms with Gasteiger partial charge in [-0.1, -0.05) is 24.3 Å². The van der Waals surface area contributed by atoms with Gasteiger partial charge in [0.1, 0.15) is 0 Å². The van der Waals surface area contributed by atoms with Gasteiger partial charge in [0, 0.05) is 24.9 Å². The van der Waals surface area contributed by atoms with Gasteiger partial charge in [-0.25, -0.2) is 0 Å². The molecule has 0 bridgehead atoms. The number of nitrogens with two attached hydrogens (primary N) is 1. The summed E-state index contributed by atoms with van der Waals surface area (Å²) in [5.41, 5.74) is 8.94. The molecule has 1 aromatic heterocycles. The molecule has 0 spiro atoms. The van der Waals surface area contributed by atoms with Gasteiger partial charge in [-0.2, -0.15) is 0 Å². The number of hydrogen-bond donors (Lipinski definition) is 2. The first kappa shape index (κ1) is 12.7. The van der Waals surface area contributed by atoms with E-state index in [1.807, 2.05) is 43.3 Å². The third kappa shape index (κ3) is 2.58. The maximum Gasteiger partial charge on any atom is 0.0871 e. The lowest BCUT2D eigenvalue weighted by Gasteiger charge is -2.23. The molecule has 0 radical (unpaired) electrons. The highest BCUT2D eigenvalue weighted by atomic mass is 16.3. The van der Waals surface area contributed by atoms with Gasteiger partial charge in [0.2, 0.25) is 0 Å². The third-order valence-corrected chi connectivity index (χ3v) is 3.27. The normalized spacial score (nSPS) is 14.2. The Bertz CT molecular complexity index is 499. The number of pyridine rings is 1. The summed E-state index contributed by atoms with van der Waals surface area (Å²) in [7, 11) is 0. The van der Waals surface area contributed by atoms with Crippen molar-refractivity contribution in [2.75, 3.05) is 6.54 Å². The number of aryl methyl sites for hydroxylation is 1. The Hall–Kier alpha value is -1.71. The van der Waals surface area contributed by atoms with Crippen LogP contribution in [0.4, 0.5) is 0 Å². The molecule has 0 saturated carbocycles. The Balaban J connectivity index is 2.32. The molecule has 3 heteroatoms. The van der Waals surface area contributed by atoms with E-state index in [2.05, 4.69) is 4.98 Å². The van der Waals surface area contributed by atoms with Crippen molar-refractivity contribution in [1.82, 2.24) is 4.98 Å². The molecule has 2 rings (SSSR count). The molecule has 2 atom stereocenters. The highest BCUT2D eigenvalue weighted by Crippen LogP contribution is 2.31. The van der Waals surface area contributed by atoms with Gasteiger partial charge in [-0.3, -0.25) is 4.98 Å². The molecule has 3 N–H and O–H groups in total. The Kier molecular flexibility index (Phi) is 4.07. The summed E-state index contributed by atoms with van der Waals surface area (Å²) in [5, 5.41) is 10.5. The van der Waals surface area contributed by atoms with Gasteiger partial charge >= 0.3 is 0 Å². The van der Waals surface area contributed by atoms with Gasteiger partial charge in [-0.05, 0) is 35.7 Å². The molecular formula is C15H18N2O. The number of rotatable bonds is 4. The molecule has 2 unspecified atom stereocenters. The van der Waals surface area contributed by atoms with Gasteiger partial charge in [0.25, 0.3) is 0 Å². The zero-order valence-corrected chi connectivity index (χ0v) is 10.5. The second kappa shape index (κ2) is 5.76. The summed E-state index contributed by atoms with van der Waals surface area (Å²) in [6.45, 7) is 2.45. The average Bonchev–Trinajstić information content (AvgIpc) is 2.42. The summed E-state index contributed by atoms with van der Waals surface area (Å²) in [6.07, 6.45) is 2.77. The largest absolute Gasteiger partial charge is 0.388 e. The summed E-state index contributed by atoms with van der Waals surface area (Å²) in [5.74, 6) is -0.0893. The van der Waals surface area contributed by atoms with Gasteiger partial charge in [0.15, 0.2) is 0 Å². The Labute approximate surface area is 107 Å². The van der Waals surface area contributed by atoms with Crippen LogP contribution in [0.25, 0.3) is 0 Å². The minimum atomic E-state index is -0.598. The van der Waals surface area contributed by atoms with Crippen molar-refractivity contribution >= 4 is 0 Å². The second-order valence-corrected chi connectivity index (χ2v) is 4.42. The highest BCUT2D eigenvalue weighted by molar-refractivity contribution is 5.32. The fourth-order valence-electron chi connectivity index (χ4n) is 2.22. The number of hydrogen-bond acceptors (Lipinski definition) is 3. The van der Waals surface area contributed by atoms with E-state index in [-0.39, 0.29) is 5.92 Å². The van der Waals surface area contributed by atoms with Crippen molar-refractivity contribution in [3.05, 3.63) is 65.5 Å². The van der Waals surface area contributed by atoms with E-state index in [9.17, 15) is 5.11 Å². The van der Waals surface area contributed by atoms with E-state index in [0.29, 0.717) is 6.54 Å². The van der Waals surface area contributed by atoms with Crippen molar-refractivity contribution in [3.63, 3.8) is 0 Å². The van der Waals surface area contributed by atoms with Crippen molar-refractivity contribution in [1.29, 1.82) is 0 Å². The van der Waals surface area contributed by atoms with Gasteiger partial charge in [0.05, 0.1) is 6.10 Å². The predicted octanol–water partition coefficient (Wildman–Crippen LogP) is 2.17. The van der Waals surface area contributed by atoms with Crippen LogP contribution < -0.4 is 5.73 Å². The number of benzene rings is 1. The fraction of sp³-hybridized carbons (Fsp3) is 0.267. The lowest BCUT2D eigenvalue weighted by Crippen LogP contribution is -2.21. The first-order chi connectivity index (χ1) is 8.74. The van der Waals surface area contributed by atoms with Crippen molar-refractivity contribution in [3.8, 4) is 0 Å². The average molecular weight is 242 g/mol. The predicted molar refractivity (Wildman–Crippen MR) is 72.2 cm³/mol. The summed E-state index contributed by atoms with van der Waals surface area (Å²) >= 11 is 0. The van der Waals surface area contributed by atoms with Crippen molar-refractivity contribution in [2.45, 2.75) is 18.9 Å². The minimum absolute atomic E-state index is 0.0893. The molecule has 0 fully saturated rings. The van der Waals surface area contributed by atoms with Gasteiger partial charge in [-0.15, -0.1) is 0 Å². The van der Waals surface area contributed by atoms with Crippen LogP contribution in [0.3, 0.4) is 0 Å². The zero-order chi connectivity index (χ0) is 13.0. The van der Waals surface area contributed by atoms with Crippen LogP contribution in [-0.4, -0.2) is 16.6 Å². The van der Waals surface area contributed by atoms with E-state index in [1.54, 1.807) is 12.4 Å². The summed E-state index contributed by atoms with van der Waals surface area (Å²) < 4.78 is 0. The molecule has 2 aromatic rings. The van der Waals surface area contributed by atoms with E-state index >= 15 is 0 Å². The number of aliphatic hydroxyl groups is 1. The van der Waals surface area contributed by atoms with Crippen LogP contribution in [0.1, 0.15) is 28.7 Å². The molecule has 1 heterocycles. The topological polar surface area (TPSA) is 59.1 Å². The molecule has 18 heavy (non-hydrogen) atoms. The molecule has 0 saturated heterocycles. The molecule has 3 nitrogen and oxygen atoms in total. The van der Waals surface area contributed by atoms with Crippen LogP contribution >= 0.6 is 0 Å². The number of aromatic nitrogens is 1. The van der Waals surface area contributed by atoms with Crippen LogP contribution in [-0.2, 0) is 0 Å². The molecule has 0 aliphatic carbocycles. The lowest BCUT2D eigenvalue weighted by atomic mass is 9.87. The Morgan fingerprint density at radius 3 is 2.44 bits per heavy atom. The Morgan fingerprint density at radius 1 is 1.17 bits per heavy atom. The SMILES string of the molecule is Cc1ccccc1C(CN)C(O)c1ccncc1. The molecular weight excluding hydrogens is 224 g/mol. The maximum atomic E-state index is 10.5. The Morgan fingerprint density at radius 2 is 1.83 bits per heavy atom. The zero-order valence-electron chi connectivity index (χ0n) is 10.5. The maximum absolute atomic E-state index is 10.5. The van der Waals surface area contributed by atoms with E-state index in [0.717, 1.165) is 16.7 Å². The van der Waals surface area contributed by atoms with Crippen molar-refractivity contribution < 1.29 is 5.11 Å². The first-order valence-electron chi connectivity index (χ1n) is 6.07.